The molecule has 1 saturated heterocycles. The average Bonchev–Trinajstić information content (AvgIpc) is 3.16. The fourth-order valence-electron chi connectivity index (χ4n) is 3.51. The van der Waals surface area contributed by atoms with Crippen LogP contribution in [0.2, 0.25) is 0 Å². The molecule has 24 heavy (non-hydrogen) atoms. The lowest BCUT2D eigenvalue weighted by Gasteiger charge is -2.39. The maximum absolute atomic E-state index is 12.5. The summed E-state index contributed by atoms with van der Waals surface area (Å²) in [5.41, 5.74) is 3.04. The molecular weight excluding hydrogens is 322 g/mol. The summed E-state index contributed by atoms with van der Waals surface area (Å²) in [7, 11) is 0. The molecule has 0 spiro atoms. The highest BCUT2D eigenvalue weighted by Gasteiger charge is 2.34. The van der Waals surface area contributed by atoms with Gasteiger partial charge in [-0.15, -0.1) is 0 Å². The number of thiophene rings is 1. The predicted molar refractivity (Wildman–Crippen MR) is 94.3 cm³/mol. The summed E-state index contributed by atoms with van der Waals surface area (Å²) in [5, 5.41) is 7.32. The van der Waals surface area contributed by atoms with E-state index in [0.717, 1.165) is 24.8 Å². The fraction of sp³-hybridized carbons (Fsp3) is 0.421. The zero-order chi connectivity index (χ0) is 16.4. The van der Waals surface area contributed by atoms with Gasteiger partial charge in [0.05, 0.1) is 25.4 Å². The van der Waals surface area contributed by atoms with Crippen LogP contribution in [0.5, 0.6) is 0 Å². The van der Waals surface area contributed by atoms with Gasteiger partial charge in [0.2, 0.25) is 0 Å². The summed E-state index contributed by atoms with van der Waals surface area (Å²) >= 11 is 1.68. The lowest BCUT2D eigenvalue weighted by molar-refractivity contribution is -0.157. The van der Waals surface area contributed by atoms with Crippen molar-refractivity contribution in [1.82, 2.24) is 5.32 Å². The molecule has 1 aliphatic carbocycles. The first-order valence-electron chi connectivity index (χ1n) is 8.46. The second-order valence-electron chi connectivity index (χ2n) is 6.39. The van der Waals surface area contributed by atoms with Crippen LogP contribution in [0.3, 0.4) is 0 Å². The highest BCUT2D eigenvalue weighted by Crippen LogP contribution is 2.27. The van der Waals surface area contributed by atoms with Crippen molar-refractivity contribution in [1.29, 1.82) is 0 Å². The van der Waals surface area contributed by atoms with Crippen LogP contribution < -0.4 is 5.32 Å². The van der Waals surface area contributed by atoms with Crippen molar-refractivity contribution in [3.05, 3.63) is 46.7 Å². The van der Waals surface area contributed by atoms with Crippen molar-refractivity contribution in [2.45, 2.75) is 37.5 Å². The van der Waals surface area contributed by atoms with Crippen molar-refractivity contribution >= 4 is 17.2 Å². The molecule has 4 nitrogen and oxygen atoms in total. The van der Waals surface area contributed by atoms with Crippen molar-refractivity contribution in [2.24, 2.45) is 0 Å². The monoisotopic (exact) mass is 343 g/mol. The van der Waals surface area contributed by atoms with Gasteiger partial charge in [-0.1, -0.05) is 12.1 Å². The lowest BCUT2D eigenvalue weighted by atomic mass is 9.89. The molecule has 2 aromatic rings. The molecule has 1 amide bonds. The largest absolute Gasteiger partial charge is 0.373 e. The zero-order valence-corrected chi connectivity index (χ0v) is 14.3. The number of carbonyl (C=O) groups excluding carboxylic acids is 1. The Balaban J connectivity index is 1.37. The number of hydrogen-bond donors (Lipinski definition) is 1. The van der Waals surface area contributed by atoms with E-state index < -0.39 is 0 Å². The first kappa shape index (κ1) is 15.8. The van der Waals surface area contributed by atoms with Gasteiger partial charge in [0, 0.05) is 11.6 Å². The summed E-state index contributed by atoms with van der Waals surface area (Å²) < 4.78 is 11.5. The fourth-order valence-corrected chi connectivity index (χ4v) is 4.17. The molecule has 126 valence electrons. The van der Waals surface area contributed by atoms with Gasteiger partial charge in [-0.2, -0.15) is 11.3 Å². The van der Waals surface area contributed by atoms with Crippen molar-refractivity contribution < 1.29 is 14.3 Å². The van der Waals surface area contributed by atoms with E-state index >= 15 is 0 Å². The van der Waals surface area contributed by atoms with Crippen molar-refractivity contribution in [3.8, 4) is 11.1 Å². The minimum absolute atomic E-state index is 0.00736. The molecule has 1 saturated carbocycles. The van der Waals surface area contributed by atoms with E-state index in [0.29, 0.717) is 18.8 Å². The quantitative estimate of drug-likeness (QED) is 0.928. The topological polar surface area (TPSA) is 47.6 Å². The number of ether oxygens (including phenoxy) is 2. The third-order valence-corrected chi connectivity index (χ3v) is 5.50. The van der Waals surface area contributed by atoms with Gasteiger partial charge in [-0.25, -0.2) is 0 Å². The Bertz CT molecular complexity index is 683. The van der Waals surface area contributed by atoms with Gasteiger partial charge in [-0.05, 0) is 59.3 Å². The molecule has 0 radical (unpaired) electrons. The van der Waals surface area contributed by atoms with Gasteiger partial charge in [0.25, 0.3) is 5.91 Å². The molecule has 2 heterocycles. The third kappa shape index (κ3) is 3.38. The summed E-state index contributed by atoms with van der Waals surface area (Å²) in [6, 6.07) is 10.1. The van der Waals surface area contributed by atoms with Crippen LogP contribution in [-0.4, -0.2) is 37.4 Å². The molecule has 4 rings (SSSR count). The highest BCUT2D eigenvalue weighted by molar-refractivity contribution is 7.08. The SMILES string of the molecule is O=C(N[C@@H]1CC[C@H]2OCCO[C@H]2C1)c1ccc(-c2ccsc2)cc1. The lowest BCUT2D eigenvalue weighted by Crippen LogP contribution is -2.49. The number of carbonyl (C=O) groups is 1. The van der Waals surface area contributed by atoms with Gasteiger partial charge in [0.15, 0.2) is 0 Å². The van der Waals surface area contributed by atoms with E-state index in [1.807, 2.05) is 24.3 Å². The Morgan fingerprint density at radius 1 is 1.00 bits per heavy atom. The Kier molecular flexibility index (Phi) is 4.65. The van der Waals surface area contributed by atoms with Crippen LogP contribution in [-0.2, 0) is 9.47 Å². The number of rotatable bonds is 3. The number of amides is 1. The van der Waals surface area contributed by atoms with Crippen molar-refractivity contribution in [3.63, 3.8) is 0 Å². The number of benzene rings is 1. The minimum atomic E-state index is -0.00736. The number of fused-ring (bicyclic) bond motifs is 1. The van der Waals surface area contributed by atoms with Gasteiger partial charge < -0.3 is 14.8 Å². The van der Waals surface area contributed by atoms with E-state index in [1.165, 1.54) is 5.56 Å². The predicted octanol–water partition coefficient (Wildman–Crippen LogP) is 3.48. The van der Waals surface area contributed by atoms with E-state index in [9.17, 15) is 4.79 Å². The second-order valence-corrected chi connectivity index (χ2v) is 7.17. The Morgan fingerprint density at radius 3 is 2.54 bits per heavy atom. The second kappa shape index (κ2) is 7.05. The standard InChI is InChI=1S/C19H21NO3S/c21-19(14-3-1-13(2-4-14)15-7-10-24-12-15)20-16-5-6-17-18(11-16)23-9-8-22-17/h1-4,7,10,12,16-18H,5-6,8-9,11H2,(H,20,21)/t16-,17-,18+/m1/s1. The van der Waals surface area contributed by atoms with Gasteiger partial charge in [0.1, 0.15) is 0 Å². The van der Waals surface area contributed by atoms with Crippen LogP contribution in [0.4, 0.5) is 0 Å². The van der Waals surface area contributed by atoms with E-state index in [1.54, 1.807) is 11.3 Å². The number of nitrogens with one attached hydrogen (secondary N) is 1. The molecule has 1 N–H and O–H groups in total. The number of hydrogen-bond acceptors (Lipinski definition) is 4. The van der Waals surface area contributed by atoms with Crippen LogP contribution in [0.15, 0.2) is 41.1 Å². The molecule has 1 aromatic carbocycles. The van der Waals surface area contributed by atoms with Gasteiger partial charge >= 0.3 is 0 Å². The molecule has 2 fully saturated rings. The third-order valence-electron chi connectivity index (χ3n) is 4.82. The molecule has 0 unspecified atom stereocenters. The van der Waals surface area contributed by atoms with E-state index in [2.05, 4.69) is 22.1 Å². The van der Waals surface area contributed by atoms with Crippen molar-refractivity contribution in [2.75, 3.05) is 13.2 Å². The molecule has 1 aliphatic heterocycles. The average molecular weight is 343 g/mol. The zero-order valence-electron chi connectivity index (χ0n) is 13.4. The molecule has 0 bridgehead atoms. The first-order chi connectivity index (χ1) is 11.8. The smallest absolute Gasteiger partial charge is 0.251 e. The maximum atomic E-state index is 12.5. The Labute approximate surface area is 145 Å². The summed E-state index contributed by atoms with van der Waals surface area (Å²) in [6.07, 6.45) is 3.06. The van der Waals surface area contributed by atoms with E-state index in [4.69, 9.17) is 9.47 Å². The highest BCUT2D eigenvalue weighted by atomic mass is 32.1. The Morgan fingerprint density at radius 2 is 1.79 bits per heavy atom. The maximum Gasteiger partial charge on any atom is 0.251 e. The molecule has 1 aromatic heterocycles. The van der Waals surface area contributed by atoms with Crippen LogP contribution in [0.1, 0.15) is 29.6 Å². The first-order valence-corrected chi connectivity index (χ1v) is 9.40. The van der Waals surface area contributed by atoms with Gasteiger partial charge in [-0.3, -0.25) is 4.79 Å². The minimum Gasteiger partial charge on any atom is -0.373 e. The summed E-state index contributed by atoms with van der Waals surface area (Å²) in [4.78, 5) is 12.5. The summed E-state index contributed by atoms with van der Waals surface area (Å²) in [6.45, 7) is 1.35. The normalized spacial score (nSPS) is 26.6. The molecule has 5 heteroatoms. The molecule has 3 atom stereocenters. The van der Waals surface area contributed by atoms with E-state index in [-0.39, 0.29) is 24.2 Å². The molecule has 2 aliphatic rings. The van der Waals surface area contributed by atoms with Crippen LogP contribution in [0, 0.1) is 0 Å². The molecular formula is C19H21NO3S. The summed E-state index contributed by atoms with van der Waals surface area (Å²) in [5.74, 6) is -0.00736. The van der Waals surface area contributed by atoms with Crippen LogP contribution >= 0.6 is 11.3 Å². The van der Waals surface area contributed by atoms with Crippen LogP contribution in [0.25, 0.3) is 11.1 Å². The Hall–Kier alpha value is -1.69.